The average Bonchev–Trinajstić information content (AvgIpc) is 3.53. The Morgan fingerprint density at radius 3 is 2.32 bits per heavy atom. The summed E-state index contributed by atoms with van der Waals surface area (Å²) in [5.74, 6) is -1.91. The van der Waals surface area contributed by atoms with Crippen molar-refractivity contribution in [2.75, 3.05) is 13.6 Å². The summed E-state index contributed by atoms with van der Waals surface area (Å²) >= 11 is 0. The topological polar surface area (TPSA) is 126 Å². The van der Waals surface area contributed by atoms with Gasteiger partial charge < -0.3 is 30.7 Å². The lowest BCUT2D eigenvalue weighted by molar-refractivity contribution is -0.147. The highest BCUT2D eigenvalue weighted by atomic mass is 16.4. The van der Waals surface area contributed by atoms with Crippen LogP contribution < -0.4 is 5.32 Å². The fraction of sp³-hybridized carbons (Fsp3) is 0.839. The van der Waals surface area contributed by atoms with Crippen LogP contribution in [-0.4, -0.2) is 62.8 Å². The molecule has 0 aromatic carbocycles. The van der Waals surface area contributed by atoms with Gasteiger partial charge in [0, 0.05) is 24.4 Å². The number of aliphatic hydroxyl groups excluding tert-OH is 2. The van der Waals surface area contributed by atoms with Crippen LogP contribution in [0.5, 0.6) is 0 Å². The van der Waals surface area contributed by atoms with Crippen molar-refractivity contribution in [2.45, 2.75) is 134 Å². The van der Waals surface area contributed by atoms with E-state index in [4.69, 9.17) is 0 Å². The van der Waals surface area contributed by atoms with E-state index in [1.54, 1.807) is 0 Å². The maximum atomic E-state index is 12.1. The second-order valence-electron chi connectivity index (χ2n) is 11.8. The number of unbranched alkanes of at least 4 members (excludes halogenated alkanes) is 7. The third-order valence-electron chi connectivity index (χ3n) is 8.87. The van der Waals surface area contributed by atoms with Crippen molar-refractivity contribution in [3.63, 3.8) is 0 Å². The minimum Gasteiger partial charge on any atom is -0.481 e. The molecular weight excluding hydrogens is 480 g/mol. The number of carboxylic acids is 1. The Labute approximate surface area is 230 Å². The van der Waals surface area contributed by atoms with Crippen LogP contribution in [-0.2, 0) is 11.2 Å². The third-order valence-corrected chi connectivity index (χ3v) is 8.87. The lowest BCUT2D eigenvalue weighted by Gasteiger charge is -2.39. The molecule has 6 atom stereocenters. The van der Waals surface area contributed by atoms with Gasteiger partial charge in [0.05, 0.1) is 23.7 Å². The number of aromatic nitrogens is 1. The Balaban J connectivity index is 1.78. The number of aliphatic carboxylic acids is 1. The molecule has 6 N–H and O–H groups in total. The van der Waals surface area contributed by atoms with Crippen molar-refractivity contribution in [3.8, 4) is 0 Å². The molecule has 1 fully saturated rings. The van der Waals surface area contributed by atoms with Crippen LogP contribution in [0.2, 0.25) is 0 Å². The van der Waals surface area contributed by atoms with E-state index in [0.29, 0.717) is 19.4 Å². The van der Waals surface area contributed by atoms with Gasteiger partial charge in [0.2, 0.25) is 0 Å². The quantitative estimate of drug-likeness (QED) is 0.110. The number of nitrogens with one attached hydrogen (secondary N) is 2. The van der Waals surface area contributed by atoms with Crippen LogP contribution in [0.25, 0.3) is 0 Å². The van der Waals surface area contributed by atoms with Gasteiger partial charge in [-0.2, -0.15) is 0 Å². The second-order valence-corrected chi connectivity index (χ2v) is 11.8. The molecule has 0 spiro atoms. The molecule has 6 unspecified atom stereocenters. The third kappa shape index (κ3) is 11.0. The summed E-state index contributed by atoms with van der Waals surface area (Å²) in [4.78, 5) is 15.3. The van der Waals surface area contributed by atoms with Crippen LogP contribution in [0, 0.1) is 17.8 Å². The first-order chi connectivity index (χ1) is 18.3. The summed E-state index contributed by atoms with van der Waals surface area (Å²) in [6.45, 7) is 2.75. The highest BCUT2D eigenvalue weighted by Gasteiger charge is 2.47. The van der Waals surface area contributed by atoms with E-state index in [1.807, 2.05) is 25.4 Å². The Kier molecular flexibility index (Phi) is 15.6. The minimum atomic E-state index is -0.990. The largest absolute Gasteiger partial charge is 0.481 e. The van der Waals surface area contributed by atoms with Gasteiger partial charge in [-0.15, -0.1) is 0 Å². The molecular formula is C31H56N2O5. The summed E-state index contributed by atoms with van der Waals surface area (Å²) in [7, 11) is 1.84. The molecule has 1 aromatic heterocycles. The molecule has 0 aliphatic heterocycles. The number of aliphatic hydroxyl groups is 3. The first kappa shape index (κ1) is 32.8. The fourth-order valence-corrected chi connectivity index (χ4v) is 6.53. The number of rotatable bonds is 22. The highest BCUT2D eigenvalue weighted by molar-refractivity contribution is 5.70. The Morgan fingerprint density at radius 1 is 1.08 bits per heavy atom. The molecule has 0 radical (unpaired) electrons. The van der Waals surface area contributed by atoms with Gasteiger partial charge in [0.25, 0.3) is 0 Å². The summed E-state index contributed by atoms with van der Waals surface area (Å²) in [6.07, 6.45) is 16.0. The van der Waals surface area contributed by atoms with Crippen molar-refractivity contribution in [1.29, 1.82) is 0 Å². The number of carbonyl (C=O) groups is 1. The van der Waals surface area contributed by atoms with Crippen molar-refractivity contribution in [3.05, 3.63) is 24.0 Å². The SMILES string of the molecule is CCCCCCCC(O)CCCCCCC(C(=O)O)C(O)CC(CNC)C1(O)CCCC1Cc1ccc[nH]1. The van der Waals surface area contributed by atoms with Crippen LogP contribution in [0.1, 0.15) is 115 Å². The summed E-state index contributed by atoms with van der Waals surface area (Å²) in [5.41, 5.74) is 0.177. The molecule has 1 saturated carbocycles. The Bertz CT molecular complexity index is 743. The van der Waals surface area contributed by atoms with Gasteiger partial charge in [-0.25, -0.2) is 0 Å². The molecule has 1 aliphatic carbocycles. The van der Waals surface area contributed by atoms with Gasteiger partial charge in [-0.05, 0) is 70.0 Å². The van der Waals surface area contributed by atoms with Gasteiger partial charge in [0.1, 0.15) is 0 Å². The molecule has 0 bridgehead atoms. The molecule has 7 nitrogen and oxygen atoms in total. The van der Waals surface area contributed by atoms with Gasteiger partial charge in [-0.3, -0.25) is 4.79 Å². The highest BCUT2D eigenvalue weighted by Crippen LogP contribution is 2.44. The monoisotopic (exact) mass is 536 g/mol. The van der Waals surface area contributed by atoms with Gasteiger partial charge in [0.15, 0.2) is 0 Å². The molecule has 7 heteroatoms. The number of hydrogen-bond acceptors (Lipinski definition) is 5. The lowest BCUT2D eigenvalue weighted by Crippen LogP contribution is -2.48. The summed E-state index contributed by atoms with van der Waals surface area (Å²) < 4.78 is 0. The minimum absolute atomic E-state index is 0.0849. The van der Waals surface area contributed by atoms with E-state index in [-0.39, 0.29) is 24.4 Å². The number of H-pyrrole nitrogens is 1. The van der Waals surface area contributed by atoms with E-state index in [2.05, 4.69) is 17.2 Å². The predicted molar refractivity (Wildman–Crippen MR) is 153 cm³/mol. The normalized spacial score (nSPS) is 22.8. The van der Waals surface area contributed by atoms with E-state index in [0.717, 1.165) is 69.9 Å². The molecule has 0 saturated heterocycles. The van der Waals surface area contributed by atoms with Gasteiger partial charge >= 0.3 is 5.97 Å². The van der Waals surface area contributed by atoms with Crippen LogP contribution in [0.4, 0.5) is 0 Å². The van der Waals surface area contributed by atoms with Gasteiger partial charge in [-0.1, -0.05) is 71.1 Å². The van der Waals surface area contributed by atoms with Crippen LogP contribution in [0.15, 0.2) is 18.3 Å². The van der Waals surface area contributed by atoms with E-state index in [9.17, 15) is 25.2 Å². The van der Waals surface area contributed by atoms with Crippen LogP contribution >= 0.6 is 0 Å². The lowest BCUT2D eigenvalue weighted by atomic mass is 9.73. The first-order valence-electron chi connectivity index (χ1n) is 15.4. The number of hydrogen-bond donors (Lipinski definition) is 6. The number of aromatic amines is 1. The van der Waals surface area contributed by atoms with E-state index in [1.165, 1.54) is 25.7 Å². The Morgan fingerprint density at radius 2 is 1.74 bits per heavy atom. The summed E-state index contributed by atoms with van der Waals surface area (Å²) in [6, 6.07) is 4.00. The predicted octanol–water partition coefficient (Wildman–Crippen LogP) is 5.44. The number of carboxylic acid groups (broad SMARTS) is 1. The average molecular weight is 537 g/mol. The molecule has 220 valence electrons. The smallest absolute Gasteiger partial charge is 0.309 e. The standard InChI is InChI=1S/C31H56N2O5/c1-3-4-5-6-9-16-27(34)17-10-7-8-11-18-28(30(36)37)29(35)22-25(23-32-2)31(38)19-12-14-24(31)21-26-15-13-20-33-26/h13,15,20,24-25,27-29,32-35,38H,3-12,14,16-19,21-23H2,1-2H3,(H,36,37). The maximum Gasteiger partial charge on any atom is 0.309 e. The van der Waals surface area contributed by atoms with Crippen molar-refractivity contribution < 1.29 is 25.2 Å². The van der Waals surface area contributed by atoms with E-state index >= 15 is 0 Å². The van der Waals surface area contributed by atoms with Crippen LogP contribution in [0.3, 0.4) is 0 Å². The van der Waals surface area contributed by atoms with E-state index < -0.39 is 23.6 Å². The zero-order valence-corrected chi connectivity index (χ0v) is 24.0. The molecule has 38 heavy (non-hydrogen) atoms. The fourth-order valence-electron chi connectivity index (χ4n) is 6.53. The summed E-state index contributed by atoms with van der Waals surface area (Å²) in [5, 5.41) is 46.1. The van der Waals surface area contributed by atoms with Crippen molar-refractivity contribution in [1.82, 2.24) is 10.3 Å². The molecule has 1 heterocycles. The maximum absolute atomic E-state index is 12.1. The molecule has 2 rings (SSSR count). The van der Waals surface area contributed by atoms with Crippen molar-refractivity contribution >= 4 is 5.97 Å². The molecule has 0 amide bonds. The Hall–Kier alpha value is -1.41. The molecule has 1 aliphatic rings. The zero-order valence-electron chi connectivity index (χ0n) is 24.0. The zero-order chi connectivity index (χ0) is 27.8. The second kappa shape index (κ2) is 18.0. The molecule has 1 aromatic rings. The first-order valence-corrected chi connectivity index (χ1v) is 15.4. The van der Waals surface area contributed by atoms with Crippen molar-refractivity contribution in [2.24, 2.45) is 17.8 Å².